The molecule has 3 rings (SSSR count). The Bertz CT molecular complexity index is 764. The molecule has 1 aromatic heterocycles. The van der Waals surface area contributed by atoms with Gasteiger partial charge in [0.25, 0.3) is 5.91 Å². The number of hydrogen-bond acceptors (Lipinski definition) is 4. The number of ether oxygens (including phenoxy) is 1. The van der Waals surface area contributed by atoms with Crippen LogP contribution in [0.1, 0.15) is 28.9 Å². The molecule has 6 nitrogen and oxygen atoms in total. The van der Waals surface area contributed by atoms with Gasteiger partial charge in [0.1, 0.15) is 5.75 Å². The van der Waals surface area contributed by atoms with E-state index in [9.17, 15) is 9.59 Å². The van der Waals surface area contributed by atoms with Crippen LogP contribution in [-0.2, 0) is 4.79 Å². The van der Waals surface area contributed by atoms with E-state index in [1.165, 1.54) is 0 Å². The third-order valence-corrected chi connectivity index (χ3v) is 4.51. The quantitative estimate of drug-likeness (QED) is 0.859. The summed E-state index contributed by atoms with van der Waals surface area (Å²) in [7, 11) is 1.61. The number of nitrogens with zero attached hydrogens (tertiary/aromatic N) is 3. The largest absolute Gasteiger partial charge is 0.496 e. The lowest BCUT2D eigenvalue weighted by Crippen LogP contribution is -2.52. The zero-order valence-corrected chi connectivity index (χ0v) is 14.4. The molecule has 1 saturated heterocycles. The Balaban J connectivity index is 1.98. The molecule has 1 aromatic carbocycles. The van der Waals surface area contributed by atoms with E-state index in [1.807, 2.05) is 29.2 Å². The summed E-state index contributed by atoms with van der Waals surface area (Å²) in [5.41, 5.74) is 1.49. The molecule has 1 fully saturated rings. The molecule has 2 aromatic rings. The van der Waals surface area contributed by atoms with Gasteiger partial charge in [0.15, 0.2) is 0 Å². The minimum absolute atomic E-state index is 0.0101. The number of aromatic nitrogens is 1. The fraction of sp³-hybridized carbons (Fsp3) is 0.316. The van der Waals surface area contributed by atoms with E-state index in [1.54, 1.807) is 43.5 Å². The second kappa shape index (κ2) is 7.34. The zero-order valence-electron chi connectivity index (χ0n) is 14.4. The predicted octanol–water partition coefficient (Wildman–Crippen LogP) is 2.14. The number of pyridine rings is 1. The smallest absolute Gasteiger partial charge is 0.254 e. The van der Waals surface area contributed by atoms with Crippen molar-refractivity contribution < 1.29 is 14.3 Å². The predicted molar refractivity (Wildman–Crippen MR) is 93.3 cm³/mol. The van der Waals surface area contributed by atoms with Gasteiger partial charge in [-0.3, -0.25) is 14.6 Å². The molecule has 0 spiro atoms. The lowest BCUT2D eigenvalue weighted by atomic mass is 10.00. The Kier molecular flexibility index (Phi) is 4.97. The minimum atomic E-state index is -0.255. The maximum Gasteiger partial charge on any atom is 0.254 e. The first kappa shape index (κ1) is 17.0. The van der Waals surface area contributed by atoms with Crippen molar-refractivity contribution in [3.05, 3.63) is 59.9 Å². The number of rotatable bonds is 3. The van der Waals surface area contributed by atoms with Gasteiger partial charge in [0, 0.05) is 50.1 Å². The molecule has 0 radical (unpaired) electrons. The van der Waals surface area contributed by atoms with Crippen LogP contribution in [-0.4, -0.2) is 53.3 Å². The SMILES string of the molecule is COc1ccccc1[C@@H]1CN(C(C)=O)CCN1C(=O)c1ccncc1. The molecule has 1 aliphatic rings. The maximum absolute atomic E-state index is 13.0. The first-order valence-electron chi connectivity index (χ1n) is 8.21. The molecule has 130 valence electrons. The van der Waals surface area contributed by atoms with E-state index in [0.29, 0.717) is 30.9 Å². The van der Waals surface area contributed by atoms with Crippen molar-refractivity contribution in [1.29, 1.82) is 0 Å². The van der Waals surface area contributed by atoms with Crippen LogP contribution >= 0.6 is 0 Å². The van der Waals surface area contributed by atoms with Crippen LogP contribution in [0.5, 0.6) is 5.75 Å². The van der Waals surface area contributed by atoms with Crippen LogP contribution in [0.3, 0.4) is 0 Å². The summed E-state index contributed by atoms with van der Waals surface area (Å²) in [4.78, 5) is 32.4. The van der Waals surface area contributed by atoms with Gasteiger partial charge >= 0.3 is 0 Å². The van der Waals surface area contributed by atoms with Crippen LogP contribution < -0.4 is 4.74 Å². The summed E-state index contributed by atoms with van der Waals surface area (Å²) >= 11 is 0. The molecule has 0 N–H and O–H groups in total. The van der Waals surface area contributed by atoms with Gasteiger partial charge in [-0.25, -0.2) is 0 Å². The van der Waals surface area contributed by atoms with Gasteiger partial charge < -0.3 is 14.5 Å². The van der Waals surface area contributed by atoms with E-state index in [-0.39, 0.29) is 17.9 Å². The van der Waals surface area contributed by atoms with E-state index in [0.717, 1.165) is 5.56 Å². The number of piperazine rings is 1. The second-order valence-corrected chi connectivity index (χ2v) is 5.96. The van der Waals surface area contributed by atoms with Crippen molar-refractivity contribution in [3.8, 4) is 5.75 Å². The Morgan fingerprint density at radius 1 is 1.12 bits per heavy atom. The number of methoxy groups -OCH3 is 1. The Morgan fingerprint density at radius 3 is 2.52 bits per heavy atom. The zero-order chi connectivity index (χ0) is 17.8. The van der Waals surface area contributed by atoms with Crippen LogP contribution in [0.4, 0.5) is 0 Å². The standard InChI is InChI=1S/C19H21N3O3/c1-14(23)21-11-12-22(19(24)15-7-9-20-10-8-15)17(13-21)16-5-3-4-6-18(16)25-2/h3-10,17H,11-13H2,1-2H3/t17-/m0/s1. The summed E-state index contributed by atoms with van der Waals surface area (Å²) in [6.07, 6.45) is 3.22. The highest BCUT2D eigenvalue weighted by Gasteiger charge is 2.34. The second-order valence-electron chi connectivity index (χ2n) is 5.96. The van der Waals surface area contributed by atoms with Crippen LogP contribution in [0.15, 0.2) is 48.8 Å². The van der Waals surface area contributed by atoms with Crippen molar-refractivity contribution in [3.63, 3.8) is 0 Å². The fourth-order valence-corrected chi connectivity index (χ4v) is 3.18. The van der Waals surface area contributed by atoms with Crippen molar-refractivity contribution in [2.45, 2.75) is 13.0 Å². The molecule has 2 amide bonds. The number of benzene rings is 1. The number of carbonyl (C=O) groups is 2. The molecular weight excluding hydrogens is 318 g/mol. The van der Waals surface area contributed by atoms with Gasteiger partial charge in [-0.15, -0.1) is 0 Å². The van der Waals surface area contributed by atoms with E-state index < -0.39 is 0 Å². The third-order valence-electron chi connectivity index (χ3n) is 4.51. The molecule has 6 heteroatoms. The topological polar surface area (TPSA) is 62.7 Å². The Labute approximate surface area is 147 Å². The lowest BCUT2D eigenvalue weighted by molar-refractivity contribution is -0.131. The molecule has 0 saturated carbocycles. The maximum atomic E-state index is 13.0. The van der Waals surface area contributed by atoms with Crippen molar-refractivity contribution in [2.75, 3.05) is 26.7 Å². The molecule has 1 aliphatic heterocycles. The van der Waals surface area contributed by atoms with Gasteiger partial charge in [0.2, 0.25) is 5.91 Å². The van der Waals surface area contributed by atoms with E-state index in [4.69, 9.17) is 4.74 Å². The highest BCUT2D eigenvalue weighted by Crippen LogP contribution is 2.33. The Hall–Kier alpha value is -2.89. The molecule has 0 aliphatic carbocycles. The Morgan fingerprint density at radius 2 is 1.84 bits per heavy atom. The third kappa shape index (κ3) is 3.47. The monoisotopic (exact) mass is 339 g/mol. The highest BCUT2D eigenvalue weighted by atomic mass is 16.5. The van der Waals surface area contributed by atoms with E-state index >= 15 is 0 Å². The van der Waals surface area contributed by atoms with Crippen molar-refractivity contribution in [1.82, 2.24) is 14.8 Å². The summed E-state index contributed by atoms with van der Waals surface area (Å²) in [5, 5.41) is 0. The summed E-state index contributed by atoms with van der Waals surface area (Å²) in [5.74, 6) is 0.655. The number of carbonyl (C=O) groups excluding carboxylic acids is 2. The molecule has 0 bridgehead atoms. The summed E-state index contributed by atoms with van der Waals surface area (Å²) in [6.45, 7) is 3.01. The number of amides is 2. The minimum Gasteiger partial charge on any atom is -0.496 e. The summed E-state index contributed by atoms with van der Waals surface area (Å²) in [6, 6.07) is 10.8. The van der Waals surface area contributed by atoms with E-state index in [2.05, 4.69) is 4.98 Å². The normalized spacial score (nSPS) is 17.3. The molecule has 1 atom stereocenters. The fourth-order valence-electron chi connectivity index (χ4n) is 3.18. The average Bonchev–Trinajstić information content (AvgIpc) is 2.67. The van der Waals surface area contributed by atoms with Crippen LogP contribution in [0, 0.1) is 0 Å². The van der Waals surface area contributed by atoms with Crippen molar-refractivity contribution in [2.24, 2.45) is 0 Å². The first-order valence-corrected chi connectivity index (χ1v) is 8.21. The molecular formula is C19H21N3O3. The highest BCUT2D eigenvalue weighted by molar-refractivity contribution is 5.94. The van der Waals surface area contributed by atoms with Gasteiger partial charge in [-0.1, -0.05) is 18.2 Å². The van der Waals surface area contributed by atoms with Gasteiger partial charge in [-0.05, 0) is 18.2 Å². The van der Waals surface area contributed by atoms with Gasteiger partial charge in [0.05, 0.1) is 13.2 Å². The number of para-hydroxylation sites is 1. The van der Waals surface area contributed by atoms with Crippen molar-refractivity contribution >= 4 is 11.8 Å². The first-order chi connectivity index (χ1) is 12.1. The molecule has 0 unspecified atom stereocenters. The van der Waals surface area contributed by atoms with Gasteiger partial charge in [-0.2, -0.15) is 0 Å². The average molecular weight is 339 g/mol. The molecule has 25 heavy (non-hydrogen) atoms. The molecule has 2 heterocycles. The van der Waals surface area contributed by atoms with Crippen LogP contribution in [0.2, 0.25) is 0 Å². The van der Waals surface area contributed by atoms with Crippen LogP contribution in [0.25, 0.3) is 0 Å². The lowest BCUT2D eigenvalue weighted by Gasteiger charge is -2.41. The number of hydrogen-bond donors (Lipinski definition) is 0. The summed E-state index contributed by atoms with van der Waals surface area (Å²) < 4.78 is 5.48.